The summed E-state index contributed by atoms with van der Waals surface area (Å²) in [6, 6.07) is 6.83. The van der Waals surface area contributed by atoms with E-state index in [-0.39, 0.29) is 11.7 Å². The van der Waals surface area contributed by atoms with Crippen LogP contribution >= 0.6 is 0 Å². The van der Waals surface area contributed by atoms with Crippen molar-refractivity contribution in [3.63, 3.8) is 0 Å². The molecule has 2 aliphatic rings. The fourth-order valence-electron chi connectivity index (χ4n) is 3.26. The maximum atomic E-state index is 13.0. The van der Waals surface area contributed by atoms with Crippen molar-refractivity contribution in [2.24, 2.45) is 0 Å². The average molecular weight is 306 g/mol. The molecule has 0 unspecified atom stereocenters. The zero-order valence-electron chi connectivity index (χ0n) is 12.8. The number of carbonyl (C=O) groups is 1. The number of halogens is 1. The summed E-state index contributed by atoms with van der Waals surface area (Å²) in [5, 5.41) is 0. The Kier molecular flexibility index (Phi) is 5.05. The van der Waals surface area contributed by atoms with Gasteiger partial charge in [-0.2, -0.15) is 0 Å². The number of hydrogen-bond acceptors (Lipinski definition) is 3. The molecule has 0 radical (unpaired) electrons. The molecule has 1 amide bonds. The van der Waals surface area contributed by atoms with E-state index in [0.717, 1.165) is 25.9 Å². The standard InChI is InChI=1S/C17H23FN2O2/c18-16-3-1-14(2-4-16)15-5-7-19(8-6-15)13-17(21)20-9-11-22-12-10-20/h1-4,15H,5-13H2. The molecule has 1 aromatic rings. The van der Waals surface area contributed by atoms with Crippen LogP contribution in [0.1, 0.15) is 24.3 Å². The molecular weight excluding hydrogens is 283 g/mol. The van der Waals surface area contributed by atoms with Crippen molar-refractivity contribution in [3.8, 4) is 0 Å². The summed E-state index contributed by atoms with van der Waals surface area (Å²) in [5.74, 6) is 0.510. The molecule has 4 nitrogen and oxygen atoms in total. The average Bonchev–Trinajstić information content (AvgIpc) is 2.57. The maximum Gasteiger partial charge on any atom is 0.236 e. The third-order valence-corrected chi connectivity index (χ3v) is 4.65. The monoisotopic (exact) mass is 306 g/mol. The van der Waals surface area contributed by atoms with Crippen molar-refractivity contribution in [2.45, 2.75) is 18.8 Å². The van der Waals surface area contributed by atoms with Gasteiger partial charge in [-0.15, -0.1) is 0 Å². The summed E-state index contributed by atoms with van der Waals surface area (Å²) in [6.45, 7) is 5.10. The first-order valence-corrected chi connectivity index (χ1v) is 8.06. The van der Waals surface area contributed by atoms with Gasteiger partial charge < -0.3 is 9.64 Å². The zero-order chi connectivity index (χ0) is 15.4. The number of piperidine rings is 1. The van der Waals surface area contributed by atoms with Gasteiger partial charge >= 0.3 is 0 Å². The number of likely N-dealkylation sites (tertiary alicyclic amines) is 1. The molecular formula is C17H23FN2O2. The van der Waals surface area contributed by atoms with Crippen molar-refractivity contribution in [1.29, 1.82) is 0 Å². The highest BCUT2D eigenvalue weighted by atomic mass is 19.1. The third kappa shape index (κ3) is 3.84. The SMILES string of the molecule is O=C(CN1CCC(c2ccc(F)cc2)CC1)N1CCOCC1. The van der Waals surface area contributed by atoms with Gasteiger partial charge in [0, 0.05) is 13.1 Å². The number of carbonyl (C=O) groups excluding carboxylic acids is 1. The van der Waals surface area contributed by atoms with Crippen LogP contribution in [0.3, 0.4) is 0 Å². The first-order valence-electron chi connectivity index (χ1n) is 8.06. The zero-order valence-corrected chi connectivity index (χ0v) is 12.8. The molecule has 2 heterocycles. The van der Waals surface area contributed by atoms with E-state index in [0.29, 0.717) is 38.8 Å². The van der Waals surface area contributed by atoms with Crippen LogP contribution < -0.4 is 0 Å². The summed E-state index contributed by atoms with van der Waals surface area (Å²) >= 11 is 0. The first kappa shape index (κ1) is 15.4. The maximum absolute atomic E-state index is 13.0. The molecule has 2 aliphatic heterocycles. The van der Waals surface area contributed by atoms with E-state index in [1.807, 2.05) is 17.0 Å². The number of amides is 1. The second-order valence-corrected chi connectivity index (χ2v) is 6.10. The molecule has 22 heavy (non-hydrogen) atoms. The van der Waals surface area contributed by atoms with Gasteiger partial charge in [-0.1, -0.05) is 12.1 Å². The predicted octanol–water partition coefficient (Wildman–Crippen LogP) is 1.86. The van der Waals surface area contributed by atoms with Crippen molar-refractivity contribution >= 4 is 5.91 Å². The molecule has 120 valence electrons. The van der Waals surface area contributed by atoms with Gasteiger partial charge in [-0.05, 0) is 49.5 Å². The summed E-state index contributed by atoms with van der Waals surface area (Å²) in [4.78, 5) is 16.4. The Morgan fingerprint density at radius 2 is 1.73 bits per heavy atom. The summed E-state index contributed by atoms with van der Waals surface area (Å²) in [7, 11) is 0. The van der Waals surface area contributed by atoms with Crippen LogP contribution in [-0.4, -0.2) is 61.6 Å². The van der Waals surface area contributed by atoms with Crippen molar-refractivity contribution in [2.75, 3.05) is 45.9 Å². The minimum atomic E-state index is -0.183. The van der Waals surface area contributed by atoms with Crippen LogP contribution in [0.5, 0.6) is 0 Å². The highest BCUT2D eigenvalue weighted by Gasteiger charge is 2.24. The Bertz CT molecular complexity index is 492. The van der Waals surface area contributed by atoms with Crippen LogP contribution in [0.4, 0.5) is 4.39 Å². The van der Waals surface area contributed by atoms with Gasteiger partial charge in [-0.25, -0.2) is 4.39 Å². The van der Waals surface area contributed by atoms with Gasteiger partial charge in [0.15, 0.2) is 0 Å². The number of nitrogens with zero attached hydrogens (tertiary/aromatic N) is 2. The van der Waals surface area contributed by atoms with Crippen LogP contribution in [0, 0.1) is 5.82 Å². The second kappa shape index (κ2) is 7.20. The number of morpholine rings is 1. The quantitative estimate of drug-likeness (QED) is 0.854. The Morgan fingerprint density at radius 3 is 2.36 bits per heavy atom. The van der Waals surface area contributed by atoms with E-state index >= 15 is 0 Å². The van der Waals surface area contributed by atoms with Crippen molar-refractivity contribution in [1.82, 2.24) is 9.80 Å². The van der Waals surface area contributed by atoms with E-state index in [1.165, 1.54) is 17.7 Å². The lowest BCUT2D eigenvalue weighted by Gasteiger charge is -2.34. The largest absolute Gasteiger partial charge is 0.378 e. The van der Waals surface area contributed by atoms with Crippen molar-refractivity contribution < 1.29 is 13.9 Å². The van der Waals surface area contributed by atoms with E-state index < -0.39 is 0 Å². The Morgan fingerprint density at radius 1 is 1.09 bits per heavy atom. The highest BCUT2D eigenvalue weighted by Crippen LogP contribution is 2.28. The van der Waals surface area contributed by atoms with Crippen LogP contribution in [0.15, 0.2) is 24.3 Å². The topological polar surface area (TPSA) is 32.8 Å². The predicted molar refractivity (Wildman–Crippen MR) is 82.2 cm³/mol. The molecule has 1 aromatic carbocycles. The third-order valence-electron chi connectivity index (χ3n) is 4.65. The fourth-order valence-corrected chi connectivity index (χ4v) is 3.26. The number of hydrogen-bond donors (Lipinski definition) is 0. The van der Waals surface area contributed by atoms with E-state index in [2.05, 4.69) is 4.90 Å². The smallest absolute Gasteiger partial charge is 0.236 e. The van der Waals surface area contributed by atoms with Gasteiger partial charge in [-0.3, -0.25) is 9.69 Å². The lowest BCUT2D eigenvalue weighted by molar-refractivity contribution is -0.136. The molecule has 0 aliphatic carbocycles. The van der Waals surface area contributed by atoms with Crippen molar-refractivity contribution in [3.05, 3.63) is 35.6 Å². The Hall–Kier alpha value is -1.46. The molecule has 2 saturated heterocycles. The molecule has 0 spiro atoms. The molecule has 0 bridgehead atoms. The van der Waals surface area contributed by atoms with E-state index in [9.17, 15) is 9.18 Å². The Balaban J connectivity index is 1.47. The highest BCUT2D eigenvalue weighted by molar-refractivity contribution is 5.78. The van der Waals surface area contributed by atoms with Crippen LogP contribution in [-0.2, 0) is 9.53 Å². The molecule has 0 atom stereocenters. The number of ether oxygens (including phenoxy) is 1. The molecule has 3 rings (SSSR count). The fraction of sp³-hybridized carbons (Fsp3) is 0.588. The van der Waals surface area contributed by atoms with Gasteiger partial charge in [0.2, 0.25) is 5.91 Å². The molecule has 2 fully saturated rings. The van der Waals surface area contributed by atoms with Gasteiger partial charge in [0.25, 0.3) is 0 Å². The minimum Gasteiger partial charge on any atom is -0.378 e. The summed E-state index contributed by atoms with van der Waals surface area (Å²) in [6.07, 6.45) is 2.06. The molecule has 0 saturated carbocycles. The second-order valence-electron chi connectivity index (χ2n) is 6.10. The Labute approximate surface area is 130 Å². The number of benzene rings is 1. The van der Waals surface area contributed by atoms with Crippen LogP contribution in [0.2, 0.25) is 0 Å². The lowest BCUT2D eigenvalue weighted by Crippen LogP contribution is -2.47. The summed E-state index contributed by atoms with van der Waals surface area (Å²) in [5.41, 5.74) is 1.21. The number of rotatable bonds is 3. The minimum absolute atomic E-state index is 0.183. The lowest BCUT2D eigenvalue weighted by atomic mass is 9.89. The van der Waals surface area contributed by atoms with E-state index in [1.54, 1.807) is 0 Å². The van der Waals surface area contributed by atoms with Gasteiger partial charge in [0.05, 0.1) is 19.8 Å². The van der Waals surface area contributed by atoms with Crippen LogP contribution in [0.25, 0.3) is 0 Å². The molecule has 0 aromatic heterocycles. The molecule has 5 heteroatoms. The molecule has 0 N–H and O–H groups in total. The van der Waals surface area contributed by atoms with Gasteiger partial charge in [0.1, 0.15) is 5.82 Å². The first-order chi connectivity index (χ1) is 10.7. The summed E-state index contributed by atoms with van der Waals surface area (Å²) < 4.78 is 18.3. The normalized spacial score (nSPS) is 21.0. The van der Waals surface area contributed by atoms with E-state index in [4.69, 9.17) is 4.74 Å².